The zero-order valence-electron chi connectivity index (χ0n) is 9.91. The number of nitrogens with two attached hydrogens (primary N) is 1. The van der Waals surface area contributed by atoms with E-state index in [9.17, 15) is 9.59 Å². The van der Waals surface area contributed by atoms with Crippen LogP contribution in [0.4, 0.5) is 0 Å². The van der Waals surface area contributed by atoms with Crippen molar-refractivity contribution in [2.24, 2.45) is 11.7 Å². The van der Waals surface area contributed by atoms with Crippen LogP contribution in [-0.2, 0) is 14.3 Å². The second-order valence-corrected chi connectivity index (χ2v) is 3.77. The summed E-state index contributed by atoms with van der Waals surface area (Å²) >= 11 is 0. The van der Waals surface area contributed by atoms with Crippen LogP contribution in [0.15, 0.2) is 0 Å². The number of carbonyl (C=O) groups excluding carboxylic acids is 2. The standard InChI is InChI=1S/C10H21N3O3/c1-8(2)7-16-6-5-13-10(15)9(14)12-4-3-11/h8H,3-7,11H2,1-2H3,(H,12,14)(H,13,15). The van der Waals surface area contributed by atoms with Crippen LogP contribution in [0.3, 0.4) is 0 Å². The lowest BCUT2D eigenvalue weighted by Gasteiger charge is -2.08. The molecule has 0 spiro atoms. The zero-order valence-corrected chi connectivity index (χ0v) is 9.91. The average Bonchev–Trinajstić information content (AvgIpc) is 2.24. The third kappa shape index (κ3) is 8.19. The molecule has 0 aromatic rings. The van der Waals surface area contributed by atoms with Crippen LogP contribution < -0.4 is 16.4 Å². The van der Waals surface area contributed by atoms with Crippen LogP contribution in [0.25, 0.3) is 0 Å². The summed E-state index contributed by atoms with van der Waals surface area (Å²) in [6, 6.07) is 0. The number of hydrogen-bond donors (Lipinski definition) is 3. The molecule has 0 bridgehead atoms. The Morgan fingerprint density at radius 2 is 1.75 bits per heavy atom. The molecule has 0 saturated heterocycles. The molecule has 0 saturated carbocycles. The molecule has 0 aromatic heterocycles. The Balaban J connectivity index is 3.46. The third-order valence-electron chi connectivity index (χ3n) is 1.62. The predicted molar refractivity (Wildman–Crippen MR) is 60.7 cm³/mol. The van der Waals surface area contributed by atoms with E-state index in [1.807, 2.05) is 13.8 Å². The maximum Gasteiger partial charge on any atom is 0.309 e. The van der Waals surface area contributed by atoms with Crippen molar-refractivity contribution < 1.29 is 14.3 Å². The Labute approximate surface area is 95.9 Å². The average molecular weight is 231 g/mol. The van der Waals surface area contributed by atoms with Crippen LogP contribution in [0.5, 0.6) is 0 Å². The van der Waals surface area contributed by atoms with E-state index in [2.05, 4.69) is 10.6 Å². The topological polar surface area (TPSA) is 93.4 Å². The molecule has 94 valence electrons. The summed E-state index contributed by atoms with van der Waals surface area (Å²) in [7, 11) is 0. The molecule has 0 heterocycles. The van der Waals surface area contributed by atoms with Gasteiger partial charge in [-0.1, -0.05) is 13.8 Å². The molecule has 0 unspecified atom stereocenters. The number of nitrogens with one attached hydrogen (secondary N) is 2. The molecule has 4 N–H and O–H groups in total. The molecule has 0 radical (unpaired) electrons. The van der Waals surface area contributed by atoms with Crippen LogP contribution in [-0.4, -0.2) is 44.7 Å². The van der Waals surface area contributed by atoms with Gasteiger partial charge < -0.3 is 21.1 Å². The number of amides is 2. The fourth-order valence-corrected chi connectivity index (χ4v) is 0.902. The fourth-order valence-electron chi connectivity index (χ4n) is 0.902. The van der Waals surface area contributed by atoms with Gasteiger partial charge in [0.2, 0.25) is 0 Å². The Bertz CT molecular complexity index is 219. The van der Waals surface area contributed by atoms with E-state index in [0.29, 0.717) is 38.8 Å². The van der Waals surface area contributed by atoms with Gasteiger partial charge in [0.15, 0.2) is 0 Å². The van der Waals surface area contributed by atoms with Crippen LogP contribution in [0, 0.1) is 5.92 Å². The number of rotatable bonds is 7. The SMILES string of the molecule is CC(C)COCCNC(=O)C(=O)NCCN. The van der Waals surface area contributed by atoms with Crippen molar-refractivity contribution in [3.05, 3.63) is 0 Å². The highest BCUT2D eigenvalue weighted by Gasteiger charge is 2.10. The van der Waals surface area contributed by atoms with Crippen molar-refractivity contribution in [1.82, 2.24) is 10.6 Å². The lowest BCUT2D eigenvalue weighted by Crippen LogP contribution is -2.42. The summed E-state index contributed by atoms with van der Waals surface area (Å²) < 4.78 is 5.24. The highest BCUT2D eigenvalue weighted by Crippen LogP contribution is 1.90. The van der Waals surface area contributed by atoms with Crippen molar-refractivity contribution >= 4 is 11.8 Å². The van der Waals surface area contributed by atoms with E-state index in [4.69, 9.17) is 10.5 Å². The van der Waals surface area contributed by atoms with Gasteiger partial charge >= 0.3 is 11.8 Å². The highest BCUT2D eigenvalue weighted by atomic mass is 16.5. The minimum absolute atomic E-state index is 0.302. The molecule has 6 heteroatoms. The van der Waals surface area contributed by atoms with Crippen LogP contribution >= 0.6 is 0 Å². The Hall–Kier alpha value is -1.14. The molecule has 2 amide bonds. The summed E-state index contributed by atoms with van der Waals surface area (Å²) in [5, 5.41) is 4.82. The van der Waals surface area contributed by atoms with Gasteiger partial charge in [-0.3, -0.25) is 9.59 Å². The molecular weight excluding hydrogens is 210 g/mol. The van der Waals surface area contributed by atoms with Crippen molar-refractivity contribution in [3.8, 4) is 0 Å². The van der Waals surface area contributed by atoms with E-state index < -0.39 is 11.8 Å². The molecule has 0 aliphatic carbocycles. The van der Waals surface area contributed by atoms with Gasteiger partial charge in [0.1, 0.15) is 0 Å². The van der Waals surface area contributed by atoms with Crippen LogP contribution in [0.2, 0.25) is 0 Å². The molecule has 0 rings (SSSR count). The monoisotopic (exact) mass is 231 g/mol. The molecule has 0 aliphatic heterocycles. The Morgan fingerprint density at radius 3 is 2.25 bits per heavy atom. The summed E-state index contributed by atoms with van der Waals surface area (Å²) in [6.07, 6.45) is 0. The molecular formula is C10H21N3O3. The summed E-state index contributed by atoms with van der Waals surface area (Å²) in [4.78, 5) is 22.2. The van der Waals surface area contributed by atoms with E-state index in [1.165, 1.54) is 0 Å². The van der Waals surface area contributed by atoms with E-state index >= 15 is 0 Å². The first-order valence-electron chi connectivity index (χ1n) is 5.41. The van der Waals surface area contributed by atoms with Gasteiger partial charge in [-0.15, -0.1) is 0 Å². The number of hydrogen-bond acceptors (Lipinski definition) is 4. The molecule has 0 aliphatic rings. The lowest BCUT2D eigenvalue weighted by molar-refractivity contribution is -0.139. The minimum Gasteiger partial charge on any atom is -0.379 e. The van der Waals surface area contributed by atoms with Crippen molar-refractivity contribution in [2.45, 2.75) is 13.8 Å². The molecule has 0 atom stereocenters. The van der Waals surface area contributed by atoms with Crippen molar-refractivity contribution in [2.75, 3.05) is 32.8 Å². The highest BCUT2D eigenvalue weighted by molar-refractivity contribution is 6.35. The van der Waals surface area contributed by atoms with E-state index in [1.54, 1.807) is 0 Å². The minimum atomic E-state index is -0.658. The molecule has 16 heavy (non-hydrogen) atoms. The quantitative estimate of drug-likeness (QED) is 0.381. The van der Waals surface area contributed by atoms with Gasteiger partial charge in [-0.2, -0.15) is 0 Å². The Morgan fingerprint density at radius 1 is 1.19 bits per heavy atom. The van der Waals surface area contributed by atoms with Gasteiger partial charge in [0.25, 0.3) is 0 Å². The third-order valence-corrected chi connectivity index (χ3v) is 1.62. The largest absolute Gasteiger partial charge is 0.379 e. The second kappa shape index (κ2) is 9.11. The molecule has 0 fully saturated rings. The number of ether oxygens (including phenoxy) is 1. The zero-order chi connectivity index (χ0) is 12.4. The van der Waals surface area contributed by atoms with Gasteiger partial charge in [0, 0.05) is 26.2 Å². The first-order valence-corrected chi connectivity index (χ1v) is 5.41. The summed E-state index contributed by atoms with van der Waals surface area (Å²) in [6.45, 7) is 6.09. The number of carbonyl (C=O) groups is 2. The first kappa shape index (κ1) is 14.9. The van der Waals surface area contributed by atoms with Gasteiger partial charge in [-0.25, -0.2) is 0 Å². The summed E-state index contributed by atoms with van der Waals surface area (Å²) in [5.74, 6) is -0.848. The van der Waals surface area contributed by atoms with E-state index in [0.717, 1.165) is 0 Å². The van der Waals surface area contributed by atoms with E-state index in [-0.39, 0.29) is 0 Å². The fraction of sp³-hybridized carbons (Fsp3) is 0.800. The van der Waals surface area contributed by atoms with Crippen LogP contribution in [0.1, 0.15) is 13.8 Å². The molecule has 0 aromatic carbocycles. The van der Waals surface area contributed by atoms with Crippen molar-refractivity contribution in [1.29, 1.82) is 0 Å². The normalized spacial score (nSPS) is 10.2. The second-order valence-electron chi connectivity index (χ2n) is 3.77. The summed E-state index contributed by atoms with van der Waals surface area (Å²) in [5.41, 5.74) is 5.18. The molecule has 6 nitrogen and oxygen atoms in total. The maximum absolute atomic E-state index is 11.1. The first-order chi connectivity index (χ1) is 7.57. The smallest absolute Gasteiger partial charge is 0.309 e. The van der Waals surface area contributed by atoms with Gasteiger partial charge in [0.05, 0.1) is 6.61 Å². The predicted octanol–water partition coefficient (Wildman–Crippen LogP) is -1.15. The van der Waals surface area contributed by atoms with Gasteiger partial charge in [-0.05, 0) is 5.92 Å². The maximum atomic E-state index is 11.1. The lowest BCUT2D eigenvalue weighted by atomic mass is 10.2. The Kier molecular flexibility index (Phi) is 8.46. The van der Waals surface area contributed by atoms with Crippen molar-refractivity contribution in [3.63, 3.8) is 0 Å².